The fraction of sp³-hybridized carbons (Fsp3) is 0.417. The zero-order valence-electron chi connectivity index (χ0n) is 10.5. The van der Waals surface area contributed by atoms with E-state index >= 15 is 0 Å². The second-order valence-corrected chi connectivity index (χ2v) is 5.09. The van der Waals surface area contributed by atoms with Gasteiger partial charge in [0, 0.05) is 30.1 Å². The van der Waals surface area contributed by atoms with E-state index in [1.165, 1.54) is 17.4 Å². The zero-order chi connectivity index (χ0) is 13.8. The maximum Gasteiger partial charge on any atom is 0.303 e. The molecule has 0 aliphatic heterocycles. The number of nitrogens with one attached hydrogen (secondary N) is 1. The lowest BCUT2D eigenvalue weighted by Gasteiger charge is -2.03. The molecule has 0 radical (unpaired) electrons. The normalized spacial score (nSPS) is 11.0. The van der Waals surface area contributed by atoms with Gasteiger partial charge in [0.1, 0.15) is 0 Å². The van der Waals surface area contributed by atoms with E-state index < -0.39 is 5.97 Å². The van der Waals surface area contributed by atoms with E-state index in [1.807, 2.05) is 12.3 Å². The molecule has 0 saturated heterocycles. The van der Waals surface area contributed by atoms with Crippen LogP contribution in [0.25, 0.3) is 4.96 Å². The fourth-order valence-electron chi connectivity index (χ4n) is 1.77. The molecule has 19 heavy (non-hydrogen) atoms. The highest BCUT2D eigenvalue weighted by Gasteiger charge is 2.06. The van der Waals surface area contributed by atoms with Crippen molar-refractivity contribution in [3.05, 3.63) is 33.2 Å². The summed E-state index contributed by atoms with van der Waals surface area (Å²) in [5.41, 5.74) is 1.49. The second kappa shape index (κ2) is 5.94. The quantitative estimate of drug-likeness (QED) is 0.772. The largest absolute Gasteiger partial charge is 0.481 e. The van der Waals surface area contributed by atoms with Gasteiger partial charge in [0.2, 0.25) is 0 Å². The lowest BCUT2D eigenvalue weighted by Crippen LogP contribution is -2.20. The van der Waals surface area contributed by atoms with Gasteiger partial charge in [-0.25, -0.2) is 4.98 Å². The number of thiazole rings is 1. The lowest BCUT2D eigenvalue weighted by atomic mass is 10.3. The molecule has 0 atom stereocenters. The number of hydrogen-bond donors (Lipinski definition) is 2. The van der Waals surface area contributed by atoms with Gasteiger partial charge in [0.05, 0.1) is 5.69 Å². The summed E-state index contributed by atoms with van der Waals surface area (Å²) < 4.78 is 1.58. The molecule has 2 aromatic heterocycles. The molecule has 0 bridgehead atoms. The van der Waals surface area contributed by atoms with Crippen molar-refractivity contribution >= 4 is 22.3 Å². The first-order chi connectivity index (χ1) is 9.08. The molecule has 0 aliphatic rings. The Kier molecular flexibility index (Phi) is 4.28. The van der Waals surface area contributed by atoms with Crippen LogP contribution in [-0.2, 0) is 11.3 Å². The number of nitrogens with zero attached hydrogens (tertiary/aromatic N) is 2. The third-order valence-electron chi connectivity index (χ3n) is 2.68. The Bertz CT molecular complexity index is 647. The van der Waals surface area contributed by atoms with Gasteiger partial charge in [-0.2, -0.15) is 0 Å². The average molecular weight is 281 g/mol. The van der Waals surface area contributed by atoms with Crippen LogP contribution in [0.4, 0.5) is 0 Å². The maximum atomic E-state index is 11.9. The van der Waals surface area contributed by atoms with Gasteiger partial charge < -0.3 is 10.4 Å². The molecule has 2 N–H and O–H groups in total. The van der Waals surface area contributed by atoms with Crippen LogP contribution >= 0.6 is 11.3 Å². The Morgan fingerprint density at radius 2 is 2.37 bits per heavy atom. The topological polar surface area (TPSA) is 83.7 Å². The van der Waals surface area contributed by atoms with Crippen LogP contribution in [0.2, 0.25) is 0 Å². The number of rotatable bonds is 6. The number of carboxylic acid groups (broad SMARTS) is 1. The van der Waals surface area contributed by atoms with Crippen molar-refractivity contribution in [2.75, 3.05) is 6.54 Å². The summed E-state index contributed by atoms with van der Waals surface area (Å²) in [5, 5.41) is 13.5. The van der Waals surface area contributed by atoms with Gasteiger partial charge >= 0.3 is 5.97 Å². The van der Waals surface area contributed by atoms with Gasteiger partial charge in [-0.05, 0) is 19.9 Å². The predicted molar refractivity (Wildman–Crippen MR) is 72.7 cm³/mol. The van der Waals surface area contributed by atoms with E-state index in [0.717, 1.165) is 5.69 Å². The standard InChI is InChI=1S/C12H15N3O3S/c1-8-7-19-12-14-9(5-10(16)15(8)12)6-13-4-2-3-11(17)18/h5,7,13H,2-4,6H2,1H3,(H,17,18). The molecule has 2 heterocycles. The van der Waals surface area contributed by atoms with E-state index in [2.05, 4.69) is 10.3 Å². The molecule has 0 unspecified atom stereocenters. The Labute approximate surface area is 113 Å². The van der Waals surface area contributed by atoms with Crippen LogP contribution in [0.5, 0.6) is 0 Å². The molecular formula is C12H15N3O3S. The Morgan fingerprint density at radius 3 is 3.11 bits per heavy atom. The number of aliphatic carboxylic acids is 1. The van der Waals surface area contributed by atoms with Crippen LogP contribution in [-0.4, -0.2) is 27.0 Å². The zero-order valence-corrected chi connectivity index (χ0v) is 11.4. The monoisotopic (exact) mass is 281 g/mol. The SMILES string of the molecule is Cc1csc2nc(CNCCCC(=O)O)cc(=O)n12. The fourth-order valence-corrected chi connectivity index (χ4v) is 2.66. The van der Waals surface area contributed by atoms with Crippen LogP contribution < -0.4 is 10.9 Å². The summed E-state index contributed by atoms with van der Waals surface area (Å²) in [6.45, 7) is 2.94. The molecule has 7 heteroatoms. The Morgan fingerprint density at radius 1 is 1.58 bits per heavy atom. The van der Waals surface area contributed by atoms with Crippen LogP contribution in [0.15, 0.2) is 16.2 Å². The maximum absolute atomic E-state index is 11.9. The predicted octanol–water partition coefficient (Wildman–Crippen LogP) is 1.02. The van der Waals surface area contributed by atoms with Crippen molar-refractivity contribution in [1.29, 1.82) is 0 Å². The van der Waals surface area contributed by atoms with Crippen LogP contribution in [0.1, 0.15) is 24.2 Å². The highest BCUT2D eigenvalue weighted by molar-refractivity contribution is 7.15. The molecule has 6 nitrogen and oxygen atoms in total. The van der Waals surface area contributed by atoms with Gasteiger partial charge in [0.15, 0.2) is 4.96 Å². The minimum Gasteiger partial charge on any atom is -0.481 e. The van der Waals surface area contributed by atoms with Crippen LogP contribution in [0.3, 0.4) is 0 Å². The van der Waals surface area contributed by atoms with E-state index in [0.29, 0.717) is 30.2 Å². The van der Waals surface area contributed by atoms with Crippen molar-refractivity contribution in [3.63, 3.8) is 0 Å². The van der Waals surface area contributed by atoms with Crippen molar-refractivity contribution in [2.24, 2.45) is 0 Å². The minimum absolute atomic E-state index is 0.0777. The minimum atomic E-state index is -0.798. The van der Waals surface area contributed by atoms with Crippen molar-refractivity contribution < 1.29 is 9.90 Å². The van der Waals surface area contributed by atoms with Crippen molar-refractivity contribution in [3.8, 4) is 0 Å². The Hall–Kier alpha value is -1.73. The molecule has 0 aliphatic carbocycles. The molecule has 2 aromatic rings. The third kappa shape index (κ3) is 3.39. The number of carbonyl (C=O) groups is 1. The number of carboxylic acids is 1. The molecule has 2 rings (SSSR count). The lowest BCUT2D eigenvalue weighted by molar-refractivity contribution is -0.137. The summed E-state index contributed by atoms with van der Waals surface area (Å²) in [5.74, 6) is -0.798. The first-order valence-corrected chi connectivity index (χ1v) is 6.85. The smallest absolute Gasteiger partial charge is 0.303 e. The van der Waals surface area contributed by atoms with Gasteiger partial charge in [-0.15, -0.1) is 11.3 Å². The molecule has 102 valence electrons. The summed E-state index contributed by atoms with van der Waals surface area (Å²) in [4.78, 5) is 27.3. The summed E-state index contributed by atoms with van der Waals surface area (Å²) >= 11 is 1.44. The van der Waals surface area contributed by atoms with Gasteiger partial charge in [-0.3, -0.25) is 14.0 Å². The van der Waals surface area contributed by atoms with Crippen LogP contribution in [0, 0.1) is 6.92 Å². The number of aryl methyl sites for hydroxylation is 1. The highest BCUT2D eigenvalue weighted by Crippen LogP contribution is 2.11. The second-order valence-electron chi connectivity index (χ2n) is 4.25. The molecule has 0 amide bonds. The summed E-state index contributed by atoms with van der Waals surface area (Å²) in [6, 6.07) is 1.51. The molecule has 0 fully saturated rings. The molecular weight excluding hydrogens is 266 g/mol. The third-order valence-corrected chi connectivity index (χ3v) is 3.62. The van der Waals surface area contributed by atoms with E-state index in [9.17, 15) is 9.59 Å². The molecule has 0 spiro atoms. The summed E-state index contributed by atoms with van der Waals surface area (Å²) in [7, 11) is 0. The van der Waals surface area contributed by atoms with Crippen molar-refractivity contribution in [2.45, 2.75) is 26.3 Å². The first kappa shape index (κ1) is 13.7. The number of aromatic nitrogens is 2. The number of fused-ring (bicyclic) bond motifs is 1. The first-order valence-electron chi connectivity index (χ1n) is 5.97. The number of hydrogen-bond acceptors (Lipinski definition) is 5. The molecule has 0 aromatic carbocycles. The van der Waals surface area contributed by atoms with Gasteiger partial charge in [-0.1, -0.05) is 0 Å². The van der Waals surface area contributed by atoms with E-state index in [1.54, 1.807) is 4.40 Å². The van der Waals surface area contributed by atoms with E-state index in [4.69, 9.17) is 5.11 Å². The average Bonchev–Trinajstić information content (AvgIpc) is 2.70. The molecule has 0 saturated carbocycles. The highest BCUT2D eigenvalue weighted by atomic mass is 32.1. The van der Waals surface area contributed by atoms with E-state index in [-0.39, 0.29) is 12.0 Å². The Balaban J connectivity index is 1.98. The van der Waals surface area contributed by atoms with Gasteiger partial charge in [0.25, 0.3) is 5.56 Å². The summed E-state index contributed by atoms with van der Waals surface area (Å²) in [6.07, 6.45) is 0.709. The van der Waals surface area contributed by atoms with Crippen molar-refractivity contribution in [1.82, 2.24) is 14.7 Å².